The monoisotopic (exact) mass is 463 g/mol. The van der Waals surface area contributed by atoms with E-state index in [1.54, 1.807) is 23.1 Å². The van der Waals surface area contributed by atoms with Crippen LogP contribution in [0.2, 0.25) is 0 Å². The average Bonchev–Trinajstić information content (AvgIpc) is 2.89. The van der Waals surface area contributed by atoms with Crippen molar-refractivity contribution in [1.82, 2.24) is 0 Å². The summed E-state index contributed by atoms with van der Waals surface area (Å²) in [7, 11) is 1.24. The highest BCUT2D eigenvalue weighted by atomic mass is 16.5. The Balaban J connectivity index is 2.14. The van der Waals surface area contributed by atoms with Crippen LogP contribution in [0.15, 0.2) is 36.4 Å². The Bertz CT molecular complexity index is 832. The first kappa shape index (κ1) is 27.0. The fraction of sp³-hybridized carbons (Fsp3) is 0.600. The van der Waals surface area contributed by atoms with Crippen molar-refractivity contribution in [2.75, 3.05) is 25.2 Å². The highest BCUT2D eigenvalue weighted by Crippen LogP contribution is 2.33. The van der Waals surface area contributed by atoms with Crippen LogP contribution in [-0.2, 0) is 14.3 Å². The van der Waals surface area contributed by atoms with Gasteiger partial charge in [0.25, 0.3) is 0 Å². The zero-order chi connectivity index (χ0) is 24.8. The van der Waals surface area contributed by atoms with Crippen molar-refractivity contribution in [2.45, 2.75) is 65.0 Å². The zero-order valence-electron chi connectivity index (χ0n) is 20.1. The molecule has 1 aromatic carbocycles. The largest absolute Gasteiger partial charge is 0.491 e. The van der Waals surface area contributed by atoms with Gasteiger partial charge in [0, 0.05) is 20.1 Å². The third-order valence-corrected chi connectivity index (χ3v) is 5.48. The van der Waals surface area contributed by atoms with Crippen LogP contribution < -0.4 is 9.64 Å². The quantitative estimate of drug-likeness (QED) is 0.455. The lowest BCUT2D eigenvalue weighted by atomic mass is 9.91. The van der Waals surface area contributed by atoms with Crippen LogP contribution in [-0.4, -0.2) is 71.7 Å². The highest BCUT2D eigenvalue weighted by molar-refractivity contribution is 6.00. The number of amides is 1. The molecular weight excluding hydrogens is 426 g/mol. The maximum Gasteiger partial charge on any atom is 0.234 e. The summed E-state index contributed by atoms with van der Waals surface area (Å²) >= 11 is 0. The molecule has 0 bridgehead atoms. The summed E-state index contributed by atoms with van der Waals surface area (Å²) in [5.41, 5.74) is 0.427. The van der Waals surface area contributed by atoms with Crippen molar-refractivity contribution in [1.29, 1.82) is 0 Å². The first-order valence-electron chi connectivity index (χ1n) is 11.3. The molecule has 1 heterocycles. The van der Waals surface area contributed by atoms with Crippen molar-refractivity contribution < 1.29 is 34.4 Å². The van der Waals surface area contributed by atoms with Gasteiger partial charge in [-0.1, -0.05) is 52.0 Å². The minimum absolute atomic E-state index is 0.00777. The molecule has 1 aromatic rings. The van der Waals surface area contributed by atoms with Crippen LogP contribution in [0.25, 0.3) is 0 Å². The number of anilines is 1. The predicted octanol–water partition coefficient (Wildman–Crippen LogP) is 2.10. The van der Waals surface area contributed by atoms with Gasteiger partial charge in [-0.15, -0.1) is 0 Å². The Labute approximate surface area is 195 Å². The number of Topliss-reactive ketones (excluding diaryl/α,β-unsaturated/α-hetero) is 1. The molecule has 8 nitrogen and oxygen atoms in total. The van der Waals surface area contributed by atoms with E-state index in [9.17, 15) is 24.9 Å². The molecule has 0 radical (unpaired) electrons. The SMILES string of the molecule is CCCN1C(=O)C(CC(=O)[C@H](OC)[C@H](O)[C@@H](O)[C@H](O)/C=C/C(C)(C)C)COc2ccccc21. The molecule has 1 unspecified atom stereocenters. The molecule has 3 N–H and O–H groups in total. The van der Waals surface area contributed by atoms with Gasteiger partial charge in [0.15, 0.2) is 5.78 Å². The molecule has 0 aliphatic carbocycles. The molecule has 1 aliphatic rings. The number of para-hydroxylation sites is 2. The van der Waals surface area contributed by atoms with E-state index in [1.165, 1.54) is 13.2 Å². The smallest absolute Gasteiger partial charge is 0.234 e. The van der Waals surface area contributed by atoms with Crippen LogP contribution in [0.4, 0.5) is 5.69 Å². The molecule has 0 saturated carbocycles. The number of carbonyl (C=O) groups is 2. The number of nitrogens with zero attached hydrogens (tertiary/aromatic N) is 1. The molecule has 5 atom stereocenters. The van der Waals surface area contributed by atoms with Crippen molar-refractivity contribution in [2.24, 2.45) is 11.3 Å². The van der Waals surface area contributed by atoms with Crippen molar-refractivity contribution >= 4 is 17.4 Å². The fourth-order valence-corrected chi connectivity index (χ4v) is 3.71. The van der Waals surface area contributed by atoms with Crippen molar-refractivity contribution in [3.8, 4) is 5.75 Å². The Morgan fingerprint density at radius 1 is 1.24 bits per heavy atom. The van der Waals surface area contributed by atoms with E-state index in [4.69, 9.17) is 9.47 Å². The summed E-state index contributed by atoms with van der Waals surface area (Å²) in [6, 6.07) is 7.22. The summed E-state index contributed by atoms with van der Waals surface area (Å²) in [5, 5.41) is 31.2. The summed E-state index contributed by atoms with van der Waals surface area (Å²) in [4.78, 5) is 27.8. The third kappa shape index (κ3) is 7.11. The number of ether oxygens (including phenoxy) is 2. The maximum atomic E-state index is 13.2. The first-order valence-corrected chi connectivity index (χ1v) is 11.3. The molecule has 1 amide bonds. The van der Waals surface area contributed by atoms with Crippen LogP contribution >= 0.6 is 0 Å². The number of benzene rings is 1. The van der Waals surface area contributed by atoms with Gasteiger partial charge in [0.2, 0.25) is 5.91 Å². The number of hydrogen-bond acceptors (Lipinski definition) is 7. The minimum atomic E-state index is -1.67. The lowest BCUT2D eigenvalue weighted by Crippen LogP contribution is -2.49. The van der Waals surface area contributed by atoms with Crippen molar-refractivity contribution in [3.63, 3.8) is 0 Å². The summed E-state index contributed by atoms with van der Waals surface area (Å²) < 4.78 is 11.0. The number of methoxy groups -OCH3 is 1. The number of allylic oxidation sites excluding steroid dienone is 1. The number of hydrogen-bond donors (Lipinski definition) is 3. The van der Waals surface area contributed by atoms with Gasteiger partial charge < -0.3 is 29.7 Å². The van der Waals surface area contributed by atoms with Gasteiger partial charge in [-0.25, -0.2) is 0 Å². The standard InChI is InChI=1S/C25H37NO7/c1-6-13-26-17-9-7-8-10-20(17)33-15-16(24(26)31)14-19(28)23(32-5)22(30)21(29)18(27)11-12-25(2,3)4/h7-12,16,18,21-23,27,29-30H,6,13-15H2,1-5H3/b12-11+/t16?,18-,21+,22-,23+/m1/s1. The normalized spacial score (nSPS) is 20.5. The zero-order valence-corrected chi connectivity index (χ0v) is 20.1. The molecule has 8 heteroatoms. The van der Waals surface area contributed by atoms with Crippen molar-refractivity contribution in [3.05, 3.63) is 36.4 Å². The van der Waals surface area contributed by atoms with Crippen LogP contribution in [0.5, 0.6) is 5.75 Å². The molecule has 184 valence electrons. The first-order chi connectivity index (χ1) is 15.5. The third-order valence-electron chi connectivity index (χ3n) is 5.48. The van der Waals surface area contributed by atoms with Gasteiger partial charge in [-0.05, 0) is 24.0 Å². The van der Waals surface area contributed by atoms with Gasteiger partial charge in [-0.3, -0.25) is 9.59 Å². The average molecular weight is 464 g/mol. The number of ketones is 1. The van der Waals surface area contributed by atoms with Gasteiger partial charge >= 0.3 is 0 Å². The van der Waals surface area contributed by atoms with Crippen LogP contribution in [0.1, 0.15) is 40.5 Å². The second-order valence-electron chi connectivity index (χ2n) is 9.49. The molecule has 0 spiro atoms. The molecule has 1 aliphatic heterocycles. The second-order valence-corrected chi connectivity index (χ2v) is 9.49. The number of rotatable bonds is 10. The Kier molecular flexibility index (Phi) is 9.60. The van der Waals surface area contributed by atoms with Gasteiger partial charge in [0.1, 0.15) is 36.8 Å². The lowest BCUT2D eigenvalue weighted by Gasteiger charge is -2.28. The van der Waals surface area contributed by atoms with E-state index in [1.807, 2.05) is 39.8 Å². The molecule has 0 saturated heterocycles. The molecule has 33 heavy (non-hydrogen) atoms. The molecule has 0 fully saturated rings. The maximum absolute atomic E-state index is 13.2. The number of aliphatic hydroxyl groups excluding tert-OH is 3. The minimum Gasteiger partial charge on any atom is -0.491 e. The van der Waals surface area contributed by atoms with E-state index < -0.39 is 36.1 Å². The lowest BCUT2D eigenvalue weighted by molar-refractivity contribution is -0.149. The number of carbonyl (C=O) groups excluding carboxylic acids is 2. The van der Waals surface area contributed by atoms with E-state index in [2.05, 4.69) is 0 Å². The van der Waals surface area contributed by atoms with E-state index >= 15 is 0 Å². The van der Waals surface area contributed by atoms with E-state index in [0.717, 1.165) is 6.42 Å². The van der Waals surface area contributed by atoms with Crippen LogP contribution in [0, 0.1) is 11.3 Å². The number of aliphatic hydroxyl groups is 3. The van der Waals surface area contributed by atoms with Crippen LogP contribution in [0.3, 0.4) is 0 Å². The Morgan fingerprint density at radius 3 is 2.52 bits per heavy atom. The highest BCUT2D eigenvalue weighted by Gasteiger charge is 2.39. The summed E-state index contributed by atoms with van der Waals surface area (Å²) in [5.74, 6) is -1.00. The Hall–Kier alpha value is -2.26. The second kappa shape index (κ2) is 11.7. The molecular formula is C25H37NO7. The van der Waals surface area contributed by atoms with Gasteiger partial charge in [-0.2, -0.15) is 0 Å². The Morgan fingerprint density at radius 2 is 1.91 bits per heavy atom. The van der Waals surface area contributed by atoms with Gasteiger partial charge in [0.05, 0.1) is 11.6 Å². The summed E-state index contributed by atoms with van der Waals surface area (Å²) in [6.07, 6.45) is -2.52. The van der Waals surface area contributed by atoms with E-state index in [-0.39, 0.29) is 24.3 Å². The van der Waals surface area contributed by atoms with E-state index in [0.29, 0.717) is 18.0 Å². The number of fused-ring (bicyclic) bond motifs is 1. The predicted molar refractivity (Wildman–Crippen MR) is 125 cm³/mol. The molecule has 0 aromatic heterocycles. The molecule has 2 rings (SSSR count). The fourth-order valence-electron chi connectivity index (χ4n) is 3.71. The summed E-state index contributed by atoms with van der Waals surface area (Å²) in [6.45, 7) is 8.21. The topological polar surface area (TPSA) is 117 Å².